The molecule has 27 heavy (non-hydrogen) atoms. The molecule has 1 fully saturated rings. The van der Waals surface area contributed by atoms with Crippen molar-refractivity contribution in [3.8, 4) is 0 Å². The van der Waals surface area contributed by atoms with E-state index in [1.165, 1.54) is 0 Å². The Morgan fingerprint density at radius 1 is 1.30 bits per heavy atom. The van der Waals surface area contributed by atoms with Gasteiger partial charge in [-0.2, -0.15) is 0 Å². The van der Waals surface area contributed by atoms with Gasteiger partial charge in [0.25, 0.3) is 0 Å². The van der Waals surface area contributed by atoms with Crippen molar-refractivity contribution in [3.05, 3.63) is 41.1 Å². The molecular formula is C21H25ClO5. The van der Waals surface area contributed by atoms with Crippen LogP contribution in [-0.2, 0) is 23.8 Å². The van der Waals surface area contributed by atoms with Crippen LogP contribution in [0.4, 0.5) is 0 Å². The minimum Gasteiger partial charge on any atom is -0.496 e. The fourth-order valence-corrected chi connectivity index (χ4v) is 3.71. The Morgan fingerprint density at radius 3 is 2.74 bits per heavy atom. The fourth-order valence-electron chi connectivity index (χ4n) is 3.58. The van der Waals surface area contributed by atoms with Gasteiger partial charge in [0, 0.05) is 11.4 Å². The van der Waals surface area contributed by atoms with Gasteiger partial charge < -0.3 is 14.2 Å². The summed E-state index contributed by atoms with van der Waals surface area (Å²) in [4.78, 5) is 24.8. The summed E-state index contributed by atoms with van der Waals surface area (Å²) in [6.45, 7) is 4.05. The van der Waals surface area contributed by atoms with Crippen molar-refractivity contribution in [2.75, 3.05) is 6.61 Å². The second-order valence-corrected chi connectivity index (χ2v) is 7.50. The number of hydrogen-bond acceptors (Lipinski definition) is 5. The molecule has 1 aromatic rings. The highest BCUT2D eigenvalue weighted by Crippen LogP contribution is 2.37. The summed E-state index contributed by atoms with van der Waals surface area (Å²) < 4.78 is 16.9. The molecule has 146 valence electrons. The molecule has 0 N–H and O–H groups in total. The number of fused-ring (bicyclic) bond motifs is 1. The third kappa shape index (κ3) is 4.71. The minimum absolute atomic E-state index is 0.0995. The summed E-state index contributed by atoms with van der Waals surface area (Å²) in [6, 6.07) is 7.18. The van der Waals surface area contributed by atoms with Crippen LogP contribution in [0.5, 0.6) is 0 Å². The Labute approximate surface area is 164 Å². The van der Waals surface area contributed by atoms with Crippen LogP contribution in [0.3, 0.4) is 0 Å². The lowest BCUT2D eigenvalue weighted by Gasteiger charge is -2.38. The predicted molar refractivity (Wildman–Crippen MR) is 102 cm³/mol. The van der Waals surface area contributed by atoms with Gasteiger partial charge in [-0.05, 0) is 43.9 Å². The lowest BCUT2D eigenvalue weighted by molar-refractivity contribution is -0.164. The number of Topliss-reactive ketones (excluding diaryl/α,β-unsaturated/α-hetero) is 1. The monoisotopic (exact) mass is 392 g/mol. The molecule has 0 amide bonds. The van der Waals surface area contributed by atoms with Crippen LogP contribution < -0.4 is 0 Å². The zero-order valence-corrected chi connectivity index (χ0v) is 16.4. The molecule has 2 aliphatic rings. The molecule has 0 radical (unpaired) electrons. The van der Waals surface area contributed by atoms with E-state index >= 15 is 0 Å². The summed E-state index contributed by atoms with van der Waals surface area (Å²) >= 11 is 5.92. The molecule has 4 unspecified atom stereocenters. The van der Waals surface area contributed by atoms with Crippen LogP contribution in [-0.4, -0.2) is 36.7 Å². The number of carbonyl (C=O) groups is 2. The summed E-state index contributed by atoms with van der Waals surface area (Å²) in [5, 5.41) is 0.630. The number of benzene rings is 1. The molecule has 1 aromatic carbocycles. The first kappa shape index (κ1) is 19.9. The van der Waals surface area contributed by atoms with E-state index in [0.29, 0.717) is 30.0 Å². The van der Waals surface area contributed by atoms with Crippen LogP contribution in [0.2, 0.25) is 5.02 Å². The molecule has 1 aliphatic heterocycles. The van der Waals surface area contributed by atoms with E-state index in [9.17, 15) is 9.59 Å². The van der Waals surface area contributed by atoms with Gasteiger partial charge in [-0.3, -0.25) is 4.79 Å². The van der Waals surface area contributed by atoms with E-state index in [4.69, 9.17) is 25.8 Å². The van der Waals surface area contributed by atoms with Crippen molar-refractivity contribution in [1.29, 1.82) is 0 Å². The second kappa shape index (κ2) is 8.89. The molecule has 1 aliphatic carbocycles. The molecule has 0 aromatic heterocycles. The number of rotatable bonds is 6. The highest BCUT2D eigenvalue weighted by atomic mass is 35.5. The molecule has 0 bridgehead atoms. The number of carbonyl (C=O) groups excluding carboxylic acids is 2. The molecule has 1 heterocycles. The van der Waals surface area contributed by atoms with E-state index in [2.05, 4.69) is 0 Å². The van der Waals surface area contributed by atoms with Crippen molar-refractivity contribution in [3.63, 3.8) is 0 Å². The first-order chi connectivity index (χ1) is 13.0. The lowest BCUT2D eigenvalue weighted by Crippen LogP contribution is -2.43. The van der Waals surface area contributed by atoms with E-state index < -0.39 is 6.10 Å². The summed E-state index contributed by atoms with van der Waals surface area (Å²) in [5.74, 6) is -0.421. The maximum absolute atomic E-state index is 12.9. The quantitative estimate of drug-likeness (QED) is 0.680. The Bertz CT molecular complexity index is 712. The Hall–Kier alpha value is -1.85. The summed E-state index contributed by atoms with van der Waals surface area (Å²) in [6.07, 6.45) is 3.37. The second-order valence-electron chi connectivity index (χ2n) is 7.06. The maximum atomic E-state index is 12.9. The van der Waals surface area contributed by atoms with Crippen molar-refractivity contribution in [1.82, 2.24) is 0 Å². The highest BCUT2D eigenvalue weighted by Gasteiger charge is 2.41. The first-order valence-corrected chi connectivity index (χ1v) is 9.85. The minimum atomic E-state index is -0.613. The SMILES string of the molecule is CCCOC(=O)C(C)OC1CCC2C(=O)C(c3ccc(Cl)cc3)=COC2C1. The van der Waals surface area contributed by atoms with Gasteiger partial charge in [0.05, 0.1) is 30.5 Å². The van der Waals surface area contributed by atoms with E-state index in [1.807, 2.05) is 19.1 Å². The zero-order valence-electron chi connectivity index (χ0n) is 15.7. The van der Waals surface area contributed by atoms with Gasteiger partial charge in [-0.1, -0.05) is 30.7 Å². The van der Waals surface area contributed by atoms with Gasteiger partial charge in [0.15, 0.2) is 11.9 Å². The number of hydrogen-bond donors (Lipinski definition) is 0. The van der Waals surface area contributed by atoms with E-state index in [0.717, 1.165) is 18.4 Å². The largest absolute Gasteiger partial charge is 0.496 e. The Kier molecular flexibility index (Phi) is 6.55. The molecule has 3 rings (SSSR count). The Balaban J connectivity index is 1.61. The summed E-state index contributed by atoms with van der Waals surface area (Å²) in [5.41, 5.74) is 1.40. The standard InChI is InChI=1S/C21H25ClO5/c1-3-10-25-21(24)13(2)27-16-8-9-17-19(11-16)26-12-18(20(17)23)14-4-6-15(22)7-5-14/h4-7,12-13,16-17,19H,3,8-11H2,1-2H3. The molecule has 1 saturated carbocycles. The van der Waals surface area contributed by atoms with E-state index in [-0.39, 0.29) is 29.9 Å². The van der Waals surface area contributed by atoms with Crippen LogP contribution in [0, 0.1) is 5.92 Å². The Morgan fingerprint density at radius 2 is 2.04 bits per heavy atom. The number of allylic oxidation sites excluding steroid dienone is 1. The molecule has 0 saturated heterocycles. The molecule has 0 spiro atoms. The van der Waals surface area contributed by atoms with Gasteiger partial charge >= 0.3 is 5.97 Å². The lowest BCUT2D eigenvalue weighted by atomic mass is 9.78. The maximum Gasteiger partial charge on any atom is 0.334 e. The zero-order chi connectivity index (χ0) is 19.4. The fraction of sp³-hybridized carbons (Fsp3) is 0.524. The smallest absolute Gasteiger partial charge is 0.334 e. The predicted octanol–water partition coefficient (Wildman–Crippen LogP) is 4.18. The molecule has 5 nitrogen and oxygen atoms in total. The first-order valence-electron chi connectivity index (χ1n) is 9.47. The third-order valence-corrected chi connectivity index (χ3v) is 5.29. The number of halogens is 1. The van der Waals surface area contributed by atoms with E-state index in [1.54, 1.807) is 25.3 Å². The van der Waals surface area contributed by atoms with Crippen LogP contribution in [0.25, 0.3) is 5.57 Å². The van der Waals surface area contributed by atoms with Crippen LogP contribution >= 0.6 is 11.6 Å². The van der Waals surface area contributed by atoms with Crippen molar-refractivity contribution >= 4 is 28.9 Å². The van der Waals surface area contributed by atoms with Gasteiger partial charge in [0.1, 0.15) is 6.10 Å². The third-order valence-electron chi connectivity index (χ3n) is 5.04. The average Bonchev–Trinajstić information content (AvgIpc) is 2.67. The number of esters is 1. The van der Waals surface area contributed by atoms with Gasteiger partial charge in [-0.15, -0.1) is 0 Å². The average molecular weight is 393 g/mol. The number of ether oxygens (including phenoxy) is 3. The summed E-state index contributed by atoms with van der Waals surface area (Å²) in [7, 11) is 0. The number of ketones is 1. The van der Waals surface area contributed by atoms with Crippen LogP contribution in [0.15, 0.2) is 30.5 Å². The molecular weight excluding hydrogens is 368 g/mol. The topological polar surface area (TPSA) is 61.8 Å². The van der Waals surface area contributed by atoms with Gasteiger partial charge in [-0.25, -0.2) is 4.79 Å². The van der Waals surface area contributed by atoms with Crippen LogP contribution in [0.1, 0.15) is 45.1 Å². The highest BCUT2D eigenvalue weighted by molar-refractivity contribution is 6.30. The normalized spacial score (nSPS) is 25.8. The van der Waals surface area contributed by atoms with Crippen molar-refractivity contribution in [2.24, 2.45) is 5.92 Å². The molecule has 4 atom stereocenters. The van der Waals surface area contributed by atoms with Gasteiger partial charge in [0.2, 0.25) is 0 Å². The van der Waals surface area contributed by atoms with Crippen molar-refractivity contribution < 1.29 is 23.8 Å². The van der Waals surface area contributed by atoms with Crippen molar-refractivity contribution in [2.45, 2.75) is 57.8 Å². The molecule has 6 heteroatoms.